The average Bonchev–Trinajstić information content (AvgIpc) is 2.93. The fourth-order valence-electron chi connectivity index (χ4n) is 2.72. The predicted molar refractivity (Wildman–Crippen MR) is 81.4 cm³/mol. The lowest BCUT2D eigenvalue weighted by Crippen LogP contribution is -2.27. The molecule has 0 bridgehead atoms. The molecule has 1 amide bonds. The molecule has 1 aliphatic rings. The Hall–Kier alpha value is -2.04. The van der Waals surface area contributed by atoms with Crippen LogP contribution >= 0.6 is 0 Å². The summed E-state index contributed by atoms with van der Waals surface area (Å²) in [5.74, 6) is 1.13. The quantitative estimate of drug-likeness (QED) is 0.862. The number of carbonyl (C=O) groups excluding carboxylic acids is 1. The third-order valence-electron chi connectivity index (χ3n) is 4.22. The number of rotatable bonds is 2. The number of anilines is 1. The largest absolute Gasteiger partial charge is 0.439 e. The molecule has 1 atom stereocenters. The number of fused-ring (bicyclic) bond motifs is 1. The van der Waals surface area contributed by atoms with Crippen molar-refractivity contribution in [1.82, 2.24) is 9.88 Å². The predicted octanol–water partition coefficient (Wildman–Crippen LogP) is 2.80. The van der Waals surface area contributed by atoms with Crippen molar-refractivity contribution in [3.8, 4) is 0 Å². The van der Waals surface area contributed by atoms with Crippen LogP contribution in [0, 0.1) is 11.3 Å². The maximum Gasteiger partial charge on any atom is 0.223 e. The van der Waals surface area contributed by atoms with Crippen LogP contribution in [0.25, 0.3) is 11.1 Å². The van der Waals surface area contributed by atoms with Crippen molar-refractivity contribution >= 4 is 22.7 Å². The molecule has 0 spiro atoms. The topological polar surface area (TPSA) is 72.4 Å². The number of benzene rings is 1. The summed E-state index contributed by atoms with van der Waals surface area (Å²) in [7, 11) is 0. The van der Waals surface area contributed by atoms with Gasteiger partial charge in [-0.25, -0.2) is 4.98 Å². The van der Waals surface area contributed by atoms with Gasteiger partial charge in [0.1, 0.15) is 5.52 Å². The zero-order valence-electron chi connectivity index (χ0n) is 12.7. The summed E-state index contributed by atoms with van der Waals surface area (Å²) in [5.41, 5.74) is 7.97. The van der Waals surface area contributed by atoms with Crippen molar-refractivity contribution in [2.45, 2.75) is 33.7 Å². The molecule has 1 aromatic heterocycles. The van der Waals surface area contributed by atoms with Gasteiger partial charge in [-0.15, -0.1) is 0 Å². The fourth-order valence-corrected chi connectivity index (χ4v) is 2.72. The Balaban J connectivity index is 1.78. The highest BCUT2D eigenvalue weighted by atomic mass is 16.3. The van der Waals surface area contributed by atoms with Crippen molar-refractivity contribution in [3.05, 3.63) is 24.1 Å². The number of nitrogens with zero attached hydrogens (tertiary/aromatic N) is 2. The van der Waals surface area contributed by atoms with Gasteiger partial charge in [0, 0.05) is 24.7 Å². The van der Waals surface area contributed by atoms with Gasteiger partial charge in [0.2, 0.25) is 11.8 Å². The second kappa shape index (κ2) is 4.76. The van der Waals surface area contributed by atoms with Crippen molar-refractivity contribution in [2.75, 3.05) is 12.3 Å². The first kappa shape index (κ1) is 13.9. The molecule has 1 aliphatic heterocycles. The standard InChI is InChI=1S/C16H21N3O2/c1-16(2,3)10-6-15(20)19(8-10)9-14-18-12-5-4-11(17)7-13(12)21-14/h4-5,7,10H,6,8-9,17H2,1-3H3. The number of oxazole rings is 1. The zero-order valence-corrected chi connectivity index (χ0v) is 12.7. The van der Waals surface area contributed by atoms with E-state index in [2.05, 4.69) is 25.8 Å². The SMILES string of the molecule is CC(C)(C)C1CC(=O)N(Cc2nc3ccc(N)cc3o2)C1. The van der Waals surface area contributed by atoms with Crippen LogP contribution in [0.3, 0.4) is 0 Å². The molecule has 2 heterocycles. The van der Waals surface area contributed by atoms with E-state index in [-0.39, 0.29) is 11.3 Å². The number of amides is 1. The number of hydrogen-bond donors (Lipinski definition) is 1. The number of nitrogens with two attached hydrogens (primary N) is 1. The summed E-state index contributed by atoms with van der Waals surface area (Å²) in [5, 5.41) is 0. The van der Waals surface area contributed by atoms with Gasteiger partial charge in [0.05, 0.1) is 6.54 Å². The van der Waals surface area contributed by atoms with Crippen LogP contribution in [0.2, 0.25) is 0 Å². The number of hydrogen-bond acceptors (Lipinski definition) is 4. The van der Waals surface area contributed by atoms with Crippen LogP contribution in [0.4, 0.5) is 5.69 Å². The average molecular weight is 287 g/mol. The molecule has 1 aromatic carbocycles. The van der Waals surface area contributed by atoms with E-state index in [1.807, 2.05) is 11.0 Å². The molecular weight excluding hydrogens is 266 g/mol. The van der Waals surface area contributed by atoms with E-state index < -0.39 is 0 Å². The highest BCUT2D eigenvalue weighted by Crippen LogP contribution is 2.35. The molecule has 2 N–H and O–H groups in total. The van der Waals surface area contributed by atoms with Gasteiger partial charge in [0.25, 0.3) is 0 Å². The second-order valence-electron chi connectivity index (χ2n) is 6.88. The number of nitrogen functional groups attached to an aromatic ring is 1. The van der Waals surface area contributed by atoms with Crippen LogP contribution in [0.1, 0.15) is 33.1 Å². The molecule has 112 valence electrons. The summed E-state index contributed by atoms with van der Waals surface area (Å²) >= 11 is 0. The van der Waals surface area contributed by atoms with Crippen molar-refractivity contribution in [2.24, 2.45) is 11.3 Å². The summed E-state index contributed by atoms with van der Waals surface area (Å²) in [6.07, 6.45) is 0.608. The third kappa shape index (κ3) is 2.73. The first-order chi connectivity index (χ1) is 9.83. The molecule has 21 heavy (non-hydrogen) atoms. The van der Waals surface area contributed by atoms with E-state index >= 15 is 0 Å². The van der Waals surface area contributed by atoms with E-state index in [1.165, 1.54) is 0 Å². The lowest BCUT2D eigenvalue weighted by atomic mass is 9.80. The Labute approximate surface area is 124 Å². The van der Waals surface area contributed by atoms with Crippen LogP contribution in [0.15, 0.2) is 22.6 Å². The van der Waals surface area contributed by atoms with Crippen LogP contribution in [-0.4, -0.2) is 22.3 Å². The Morgan fingerprint density at radius 1 is 1.43 bits per heavy atom. The Morgan fingerprint density at radius 3 is 2.86 bits per heavy atom. The first-order valence-corrected chi connectivity index (χ1v) is 7.25. The van der Waals surface area contributed by atoms with Gasteiger partial charge >= 0.3 is 0 Å². The van der Waals surface area contributed by atoms with Gasteiger partial charge in [-0.2, -0.15) is 0 Å². The Kier molecular flexibility index (Phi) is 3.15. The molecule has 3 rings (SSSR count). The maximum atomic E-state index is 12.1. The first-order valence-electron chi connectivity index (χ1n) is 7.25. The van der Waals surface area contributed by atoms with Crippen molar-refractivity contribution < 1.29 is 9.21 Å². The van der Waals surface area contributed by atoms with Crippen LogP contribution in [-0.2, 0) is 11.3 Å². The number of likely N-dealkylation sites (tertiary alicyclic amines) is 1. The normalized spacial score (nSPS) is 19.7. The second-order valence-corrected chi connectivity index (χ2v) is 6.88. The summed E-state index contributed by atoms with van der Waals surface area (Å²) in [6, 6.07) is 5.39. The minimum atomic E-state index is 0.139. The maximum absolute atomic E-state index is 12.1. The van der Waals surface area contributed by atoms with Crippen molar-refractivity contribution in [1.29, 1.82) is 0 Å². The molecule has 1 unspecified atom stereocenters. The Bertz CT molecular complexity index is 684. The van der Waals surface area contributed by atoms with E-state index in [0.29, 0.717) is 36.0 Å². The minimum absolute atomic E-state index is 0.139. The van der Waals surface area contributed by atoms with Crippen molar-refractivity contribution in [3.63, 3.8) is 0 Å². The smallest absolute Gasteiger partial charge is 0.223 e. The molecule has 1 saturated heterocycles. The lowest BCUT2D eigenvalue weighted by Gasteiger charge is -2.26. The van der Waals surface area contributed by atoms with Gasteiger partial charge < -0.3 is 15.1 Å². The van der Waals surface area contributed by atoms with Crippen LogP contribution < -0.4 is 5.73 Å². The molecule has 1 fully saturated rings. The fraction of sp³-hybridized carbons (Fsp3) is 0.500. The van der Waals surface area contributed by atoms with E-state index in [1.54, 1.807) is 12.1 Å². The Morgan fingerprint density at radius 2 is 2.19 bits per heavy atom. The van der Waals surface area contributed by atoms with E-state index in [0.717, 1.165) is 12.1 Å². The lowest BCUT2D eigenvalue weighted by molar-refractivity contribution is -0.128. The molecule has 0 radical (unpaired) electrons. The molecular formula is C16H21N3O2. The molecule has 0 saturated carbocycles. The van der Waals surface area contributed by atoms with Gasteiger partial charge in [0.15, 0.2) is 5.58 Å². The zero-order chi connectivity index (χ0) is 15.2. The van der Waals surface area contributed by atoms with Gasteiger partial charge in [-0.1, -0.05) is 20.8 Å². The summed E-state index contributed by atoms with van der Waals surface area (Å²) < 4.78 is 5.69. The summed E-state index contributed by atoms with van der Waals surface area (Å²) in [6.45, 7) is 7.73. The van der Waals surface area contributed by atoms with Crippen LogP contribution in [0.5, 0.6) is 0 Å². The van der Waals surface area contributed by atoms with Gasteiger partial charge in [-0.3, -0.25) is 4.79 Å². The highest BCUT2D eigenvalue weighted by molar-refractivity contribution is 5.79. The highest BCUT2D eigenvalue weighted by Gasteiger charge is 2.37. The monoisotopic (exact) mass is 287 g/mol. The number of aromatic nitrogens is 1. The summed E-state index contributed by atoms with van der Waals surface area (Å²) in [4.78, 5) is 18.4. The molecule has 2 aromatic rings. The molecule has 5 heteroatoms. The number of carbonyl (C=O) groups is 1. The molecule has 0 aliphatic carbocycles. The van der Waals surface area contributed by atoms with E-state index in [9.17, 15) is 4.79 Å². The van der Waals surface area contributed by atoms with E-state index in [4.69, 9.17) is 10.2 Å². The minimum Gasteiger partial charge on any atom is -0.439 e. The third-order valence-corrected chi connectivity index (χ3v) is 4.22. The molecule has 5 nitrogen and oxygen atoms in total. The van der Waals surface area contributed by atoms with Gasteiger partial charge in [-0.05, 0) is 23.5 Å².